The molecule has 0 saturated heterocycles. The third-order valence-corrected chi connectivity index (χ3v) is 4.26. The Morgan fingerprint density at radius 1 is 1.04 bits per heavy atom. The maximum Gasteiger partial charge on any atom is 0.314 e. The monoisotopic (exact) mass is 355 g/mol. The summed E-state index contributed by atoms with van der Waals surface area (Å²) in [6.07, 6.45) is 0.743. The van der Waals surface area contributed by atoms with E-state index in [-0.39, 0.29) is 18.0 Å². The number of nitrogens with zero attached hydrogens (tertiary/aromatic N) is 1. The van der Waals surface area contributed by atoms with Gasteiger partial charge in [0.1, 0.15) is 12.4 Å². The van der Waals surface area contributed by atoms with Crippen LogP contribution in [-0.4, -0.2) is 37.6 Å². The molecule has 2 unspecified atom stereocenters. The van der Waals surface area contributed by atoms with Crippen molar-refractivity contribution < 1.29 is 14.3 Å². The van der Waals surface area contributed by atoms with Gasteiger partial charge in [-0.15, -0.1) is 0 Å². The highest BCUT2D eigenvalue weighted by atomic mass is 16.5. The normalized spacial score (nSPS) is 13.3. The molecule has 0 amide bonds. The van der Waals surface area contributed by atoms with Crippen molar-refractivity contribution in [2.24, 2.45) is 0 Å². The molecule has 0 spiro atoms. The molecule has 0 heterocycles. The first kappa shape index (κ1) is 20.0. The summed E-state index contributed by atoms with van der Waals surface area (Å²) in [5.74, 6) is 0.310. The van der Waals surface area contributed by atoms with Gasteiger partial charge in [-0.05, 0) is 50.7 Å². The third kappa shape index (κ3) is 6.19. The predicted molar refractivity (Wildman–Crippen MR) is 104 cm³/mol. The molecule has 0 N–H and O–H groups in total. The van der Waals surface area contributed by atoms with E-state index in [1.807, 2.05) is 87.4 Å². The van der Waals surface area contributed by atoms with E-state index in [4.69, 9.17) is 9.47 Å². The molecule has 0 aromatic heterocycles. The molecular weight excluding hydrogens is 326 g/mol. The van der Waals surface area contributed by atoms with E-state index in [1.165, 1.54) is 0 Å². The lowest BCUT2D eigenvalue weighted by atomic mass is 9.98. The smallest absolute Gasteiger partial charge is 0.314 e. The summed E-state index contributed by atoms with van der Waals surface area (Å²) in [6, 6.07) is 17.8. The number of hydrogen-bond donors (Lipinski definition) is 0. The first-order valence-corrected chi connectivity index (χ1v) is 9.11. The van der Waals surface area contributed by atoms with Crippen molar-refractivity contribution in [2.75, 3.05) is 20.6 Å². The molecule has 0 bridgehead atoms. The van der Waals surface area contributed by atoms with Crippen LogP contribution in [-0.2, 0) is 16.1 Å². The van der Waals surface area contributed by atoms with Crippen molar-refractivity contribution >= 4 is 5.97 Å². The van der Waals surface area contributed by atoms with Crippen LogP contribution in [0.5, 0.6) is 5.75 Å². The molecule has 0 saturated carbocycles. The predicted octanol–water partition coefficient (Wildman–Crippen LogP) is 4.25. The van der Waals surface area contributed by atoms with Gasteiger partial charge in [-0.1, -0.05) is 49.4 Å². The largest absolute Gasteiger partial charge is 0.489 e. The first-order valence-electron chi connectivity index (χ1n) is 9.11. The Morgan fingerprint density at radius 2 is 1.69 bits per heavy atom. The van der Waals surface area contributed by atoms with E-state index in [0.717, 1.165) is 23.3 Å². The van der Waals surface area contributed by atoms with Crippen molar-refractivity contribution in [3.63, 3.8) is 0 Å². The average Bonchev–Trinajstić information content (AvgIpc) is 2.65. The number of likely N-dealkylation sites (N-methyl/N-ethyl adjacent to an activating group) is 1. The molecule has 0 fully saturated rings. The van der Waals surface area contributed by atoms with Gasteiger partial charge in [-0.25, -0.2) is 0 Å². The summed E-state index contributed by atoms with van der Waals surface area (Å²) in [7, 11) is 3.92. The SMILES string of the molecule is CCC(C)OC(=O)C(CN(C)C)c1ccc(OCc2ccccc2)cc1. The van der Waals surface area contributed by atoms with Gasteiger partial charge >= 0.3 is 5.97 Å². The Balaban J connectivity index is 2.04. The van der Waals surface area contributed by atoms with Gasteiger partial charge in [0.25, 0.3) is 0 Å². The lowest BCUT2D eigenvalue weighted by Gasteiger charge is -2.22. The molecule has 4 heteroatoms. The van der Waals surface area contributed by atoms with E-state index in [0.29, 0.717) is 13.2 Å². The number of esters is 1. The van der Waals surface area contributed by atoms with Crippen molar-refractivity contribution in [1.29, 1.82) is 0 Å². The Kier molecular flexibility index (Phi) is 7.67. The quantitative estimate of drug-likeness (QED) is 0.630. The van der Waals surface area contributed by atoms with Crippen LogP contribution < -0.4 is 4.74 Å². The second-order valence-corrected chi connectivity index (χ2v) is 6.81. The van der Waals surface area contributed by atoms with Crippen LogP contribution in [0.4, 0.5) is 0 Å². The zero-order chi connectivity index (χ0) is 18.9. The standard InChI is InChI=1S/C22H29NO3/c1-5-17(2)26-22(24)21(15-23(3)4)19-11-13-20(14-12-19)25-16-18-9-7-6-8-10-18/h6-14,17,21H,5,15-16H2,1-4H3. The fourth-order valence-electron chi connectivity index (χ4n) is 2.58. The summed E-state index contributed by atoms with van der Waals surface area (Å²) in [5, 5.41) is 0. The van der Waals surface area contributed by atoms with Crippen LogP contribution in [0.3, 0.4) is 0 Å². The second-order valence-electron chi connectivity index (χ2n) is 6.81. The van der Waals surface area contributed by atoms with Gasteiger partial charge in [-0.2, -0.15) is 0 Å². The van der Waals surface area contributed by atoms with Gasteiger partial charge in [0.2, 0.25) is 0 Å². The number of hydrogen-bond acceptors (Lipinski definition) is 4. The number of rotatable bonds is 9. The van der Waals surface area contributed by atoms with Crippen LogP contribution in [0.2, 0.25) is 0 Å². The van der Waals surface area contributed by atoms with Crippen LogP contribution in [0, 0.1) is 0 Å². The fourth-order valence-corrected chi connectivity index (χ4v) is 2.58. The lowest BCUT2D eigenvalue weighted by molar-refractivity contribution is -0.150. The molecule has 4 nitrogen and oxygen atoms in total. The molecule has 2 rings (SSSR count). The van der Waals surface area contributed by atoms with Gasteiger partial charge in [0, 0.05) is 6.54 Å². The third-order valence-electron chi connectivity index (χ3n) is 4.26. The first-order chi connectivity index (χ1) is 12.5. The number of carbonyl (C=O) groups is 1. The van der Waals surface area contributed by atoms with Crippen molar-refractivity contribution in [3.8, 4) is 5.75 Å². The summed E-state index contributed by atoms with van der Waals surface area (Å²) in [6.45, 7) is 5.07. The summed E-state index contributed by atoms with van der Waals surface area (Å²) >= 11 is 0. The highest BCUT2D eigenvalue weighted by Gasteiger charge is 2.24. The summed E-state index contributed by atoms with van der Waals surface area (Å²) < 4.78 is 11.4. The lowest BCUT2D eigenvalue weighted by Crippen LogP contribution is -2.29. The fraction of sp³-hybridized carbons (Fsp3) is 0.409. The molecule has 0 aliphatic carbocycles. The highest BCUT2D eigenvalue weighted by Crippen LogP contribution is 2.23. The molecule has 2 atom stereocenters. The molecular formula is C22H29NO3. The Labute approximate surface area is 156 Å². The van der Waals surface area contributed by atoms with Gasteiger partial charge < -0.3 is 14.4 Å². The minimum absolute atomic E-state index is 0.0689. The van der Waals surface area contributed by atoms with Crippen LogP contribution in [0.15, 0.2) is 54.6 Å². The molecule has 2 aromatic rings. The van der Waals surface area contributed by atoms with E-state index >= 15 is 0 Å². The molecule has 0 aliphatic heterocycles. The van der Waals surface area contributed by atoms with E-state index in [2.05, 4.69) is 0 Å². The van der Waals surface area contributed by atoms with Gasteiger partial charge in [0.05, 0.1) is 12.0 Å². The van der Waals surface area contributed by atoms with Crippen LogP contribution in [0.1, 0.15) is 37.3 Å². The Morgan fingerprint density at radius 3 is 2.27 bits per heavy atom. The zero-order valence-corrected chi connectivity index (χ0v) is 16.1. The van der Waals surface area contributed by atoms with Crippen molar-refractivity contribution in [2.45, 2.75) is 38.9 Å². The molecule has 2 aromatic carbocycles. The molecule has 26 heavy (non-hydrogen) atoms. The van der Waals surface area contributed by atoms with E-state index in [1.54, 1.807) is 0 Å². The molecule has 140 valence electrons. The summed E-state index contributed by atoms with van der Waals surface area (Å²) in [5.41, 5.74) is 2.07. The number of carbonyl (C=O) groups excluding carboxylic acids is 1. The van der Waals surface area contributed by atoms with Crippen molar-refractivity contribution in [1.82, 2.24) is 4.90 Å². The maximum atomic E-state index is 12.6. The van der Waals surface area contributed by atoms with Crippen molar-refractivity contribution in [3.05, 3.63) is 65.7 Å². The minimum atomic E-state index is -0.304. The van der Waals surface area contributed by atoms with E-state index in [9.17, 15) is 4.79 Å². The topological polar surface area (TPSA) is 38.8 Å². The number of ether oxygens (including phenoxy) is 2. The van der Waals surface area contributed by atoms with Crippen LogP contribution >= 0.6 is 0 Å². The number of benzene rings is 2. The highest BCUT2D eigenvalue weighted by molar-refractivity contribution is 5.78. The summed E-state index contributed by atoms with van der Waals surface area (Å²) in [4.78, 5) is 14.6. The average molecular weight is 355 g/mol. The van der Waals surface area contributed by atoms with Crippen LogP contribution in [0.25, 0.3) is 0 Å². The second kappa shape index (κ2) is 9.97. The molecule has 0 radical (unpaired) electrons. The minimum Gasteiger partial charge on any atom is -0.489 e. The molecule has 0 aliphatic rings. The Bertz CT molecular complexity index is 668. The Hall–Kier alpha value is -2.33. The van der Waals surface area contributed by atoms with E-state index < -0.39 is 0 Å². The maximum absolute atomic E-state index is 12.6. The van der Waals surface area contributed by atoms with Gasteiger partial charge in [-0.3, -0.25) is 4.79 Å². The zero-order valence-electron chi connectivity index (χ0n) is 16.1. The van der Waals surface area contributed by atoms with Gasteiger partial charge in [0.15, 0.2) is 0 Å².